The Kier molecular flexibility index (Phi) is 4.83. The Balaban J connectivity index is 2.67. The molecule has 0 aliphatic heterocycles. The molecule has 17 heavy (non-hydrogen) atoms. The van der Waals surface area contributed by atoms with Gasteiger partial charge in [0.2, 0.25) is 0 Å². The number of terminal acetylenes is 1. The molecule has 1 saturated carbocycles. The van der Waals surface area contributed by atoms with Crippen LogP contribution < -0.4 is 10.6 Å². The molecule has 0 radical (unpaired) electrons. The molecule has 1 rings (SSSR count). The first kappa shape index (κ1) is 13.4. The lowest BCUT2D eigenvalue weighted by Gasteiger charge is -2.29. The fourth-order valence-electron chi connectivity index (χ4n) is 2.12. The molecular formula is C12H18N2O3. The van der Waals surface area contributed by atoms with E-state index in [1.807, 2.05) is 0 Å². The highest BCUT2D eigenvalue weighted by molar-refractivity contribution is 5.86. The third-order valence-electron chi connectivity index (χ3n) is 3.07. The summed E-state index contributed by atoms with van der Waals surface area (Å²) in [5, 5.41) is 14.3. The fourth-order valence-corrected chi connectivity index (χ4v) is 2.12. The maximum atomic E-state index is 11.5. The summed E-state index contributed by atoms with van der Waals surface area (Å²) in [6, 6.07) is -0.507. The van der Waals surface area contributed by atoms with Crippen molar-refractivity contribution < 1.29 is 14.7 Å². The third-order valence-corrected chi connectivity index (χ3v) is 3.07. The Morgan fingerprint density at radius 3 is 2.29 bits per heavy atom. The number of carboxylic acids is 1. The van der Waals surface area contributed by atoms with Crippen LogP contribution in [-0.2, 0) is 4.79 Å². The Hall–Kier alpha value is -1.70. The van der Waals surface area contributed by atoms with Gasteiger partial charge in [-0.1, -0.05) is 31.6 Å². The highest BCUT2D eigenvalue weighted by Crippen LogP contribution is 2.27. The van der Waals surface area contributed by atoms with Crippen LogP contribution in [0.5, 0.6) is 0 Å². The van der Waals surface area contributed by atoms with Gasteiger partial charge in [-0.25, -0.2) is 9.59 Å². The third kappa shape index (κ3) is 3.66. The molecule has 5 nitrogen and oxygen atoms in total. The molecule has 2 amide bonds. The van der Waals surface area contributed by atoms with Gasteiger partial charge in [0.15, 0.2) is 0 Å². The molecule has 3 N–H and O–H groups in total. The molecule has 0 unspecified atom stereocenters. The van der Waals surface area contributed by atoms with Crippen LogP contribution in [0.1, 0.15) is 38.5 Å². The second-order valence-corrected chi connectivity index (χ2v) is 4.31. The molecule has 0 atom stereocenters. The smallest absolute Gasteiger partial charge is 0.329 e. The molecule has 0 aromatic carbocycles. The molecule has 94 valence electrons. The van der Waals surface area contributed by atoms with E-state index in [0.29, 0.717) is 12.8 Å². The van der Waals surface area contributed by atoms with Crippen molar-refractivity contribution >= 4 is 12.0 Å². The lowest BCUT2D eigenvalue weighted by Crippen LogP contribution is -2.57. The van der Waals surface area contributed by atoms with Crippen LogP contribution in [-0.4, -0.2) is 29.2 Å². The maximum Gasteiger partial charge on any atom is 0.329 e. The number of hydrogen-bond acceptors (Lipinski definition) is 2. The van der Waals surface area contributed by atoms with Crippen molar-refractivity contribution in [3.8, 4) is 12.3 Å². The summed E-state index contributed by atoms with van der Waals surface area (Å²) in [5.74, 6) is 1.31. The van der Waals surface area contributed by atoms with Gasteiger partial charge in [0.25, 0.3) is 0 Å². The number of aliphatic carboxylic acids is 1. The summed E-state index contributed by atoms with van der Waals surface area (Å²) >= 11 is 0. The first-order chi connectivity index (χ1) is 8.10. The normalized spacial score (nSPS) is 18.5. The van der Waals surface area contributed by atoms with Gasteiger partial charge in [0.05, 0.1) is 6.54 Å². The second-order valence-electron chi connectivity index (χ2n) is 4.31. The van der Waals surface area contributed by atoms with Gasteiger partial charge < -0.3 is 15.7 Å². The largest absolute Gasteiger partial charge is 0.480 e. The first-order valence-corrected chi connectivity index (χ1v) is 5.83. The monoisotopic (exact) mass is 238 g/mol. The summed E-state index contributed by atoms with van der Waals surface area (Å²) in [5.41, 5.74) is -1.13. The first-order valence-electron chi connectivity index (χ1n) is 5.83. The molecular weight excluding hydrogens is 220 g/mol. The molecule has 1 aliphatic carbocycles. The van der Waals surface area contributed by atoms with Crippen LogP contribution in [0.15, 0.2) is 0 Å². The molecule has 0 bridgehead atoms. The number of rotatable bonds is 3. The van der Waals surface area contributed by atoms with Crippen LogP contribution in [0.4, 0.5) is 4.79 Å². The number of carboxylic acid groups (broad SMARTS) is 1. The molecule has 1 fully saturated rings. The van der Waals surface area contributed by atoms with Crippen molar-refractivity contribution in [1.82, 2.24) is 10.6 Å². The number of carbonyl (C=O) groups excluding carboxylic acids is 1. The van der Waals surface area contributed by atoms with E-state index in [1.165, 1.54) is 0 Å². The van der Waals surface area contributed by atoms with Crippen molar-refractivity contribution in [2.75, 3.05) is 6.54 Å². The summed E-state index contributed by atoms with van der Waals surface area (Å²) in [7, 11) is 0. The molecule has 0 saturated heterocycles. The quantitative estimate of drug-likeness (QED) is 0.509. The summed E-state index contributed by atoms with van der Waals surface area (Å²) in [6.45, 7) is 0.0987. The average Bonchev–Trinajstić information content (AvgIpc) is 2.53. The second kappa shape index (κ2) is 6.14. The molecule has 0 aromatic rings. The molecule has 5 heteroatoms. The highest BCUT2D eigenvalue weighted by atomic mass is 16.4. The number of amides is 2. The van der Waals surface area contributed by atoms with Crippen LogP contribution in [0.2, 0.25) is 0 Å². The van der Waals surface area contributed by atoms with Crippen molar-refractivity contribution in [3.05, 3.63) is 0 Å². The van der Waals surface area contributed by atoms with Crippen molar-refractivity contribution in [1.29, 1.82) is 0 Å². The maximum absolute atomic E-state index is 11.5. The molecule has 1 aliphatic rings. The van der Waals surface area contributed by atoms with Crippen LogP contribution in [0.3, 0.4) is 0 Å². The van der Waals surface area contributed by atoms with Gasteiger partial charge in [-0.3, -0.25) is 0 Å². The summed E-state index contributed by atoms with van der Waals surface area (Å²) < 4.78 is 0. The average molecular weight is 238 g/mol. The van der Waals surface area contributed by atoms with Crippen molar-refractivity contribution in [3.63, 3.8) is 0 Å². The number of carbonyl (C=O) groups is 2. The Labute approximate surface area is 101 Å². The predicted octanol–water partition coefficient (Wildman–Crippen LogP) is 1.10. The van der Waals surface area contributed by atoms with E-state index in [0.717, 1.165) is 25.7 Å². The Morgan fingerprint density at radius 2 is 1.82 bits per heavy atom. The van der Waals surface area contributed by atoms with Crippen LogP contribution >= 0.6 is 0 Å². The fraction of sp³-hybridized carbons (Fsp3) is 0.667. The molecule has 0 spiro atoms. The zero-order valence-corrected chi connectivity index (χ0v) is 9.79. The lowest BCUT2D eigenvalue weighted by molar-refractivity contribution is -0.145. The SMILES string of the molecule is C#CCNC(=O)NC1(C(=O)O)CCCCCC1. The van der Waals surface area contributed by atoms with E-state index < -0.39 is 17.5 Å². The Morgan fingerprint density at radius 1 is 1.24 bits per heavy atom. The topological polar surface area (TPSA) is 78.4 Å². The minimum atomic E-state index is -1.13. The molecule has 0 aromatic heterocycles. The van der Waals surface area contributed by atoms with E-state index in [2.05, 4.69) is 16.6 Å². The van der Waals surface area contributed by atoms with Crippen LogP contribution in [0, 0.1) is 12.3 Å². The Bertz CT molecular complexity index is 325. The van der Waals surface area contributed by atoms with Gasteiger partial charge in [0.1, 0.15) is 5.54 Å². The van der Waals surface area contributed by atoms with Crippen molar-refractivity contribution in [2.24, 2.45) is 0 Å². The van der Waals surface area contributed by atoms with Crippen LogP contribution in [0.25, 0.3) is 0 Å². The van der Waals surface area contributed by atoms with Gasteiger partial charge in [0, 0.05) is 0 Å². The minimum absolute atomic E-state index is 0.0987. The van der Waals surface area contributed by atoms with Gasteiger partial charge in [-0.05, 0) is 12.8 Å². The van der Waals surface area contributed by atoms with E-state index >= 15 is 0 Å². The lowest BCUT2D eigenvalue weighted by atomic mass is 9.90. The zero-order valence-electron chi connectivity index (χ0n) is 9.79. The van der Waals surface area contributed by atoms with E-state index in [-0.39, 0.29) is 6.54 Å². The predicted molar refractivity (Wildman–Crippen MR) is 63.4 cm³/mol. The number of hydrogen-bond donors (Lipinski definition) is 3. The van der Waals surface area contributed by atoms with E-state index in [9.17, 15) is 14.7 Å². The number of nitrogens with one attached hydrogen (secondary N) is 2. The van der Waals surface area contributed by atoms with E-state index in [1.54, 1.807) is 0 Å². The van der Waals surface area contributed by atoms with Gasteiger partial charge >= 0.3 is 12.0 Å². The van der Waals surface area contributed by atoms with Crippen molar-refractivity contribution in [2.45, 2.75) is 44.1 Å². The summed E-state index contributed by atoms with van der Waals surface area (Å²) in [4.78, 5) is 22.9. The minimum Gasteiger partial charge on any atom is -0.480 e. The summed E-state index contributed by atoms with van der Waals surface area (Å²) in [6.07, 6.45) is 9.65. The van der Waals surface area contributed by atoms with Gasteiger partial charge in [-0.15, -0.1) is 6.42 Å². The molecule has 0 heterocycles. The zero-order chi connectivity index (χ0) is 12.7. The highest BCUT2D eigenvalue weighted by Gasteiger charge is 2.39. The number of urea groups is 1. The standard InChI is InChI=1S/C12H18N2O3/c1-2-9-13-11(17)14-12(10(15)16)7-5-3-4-6-8-12/h1H,3-9H2,(H,15,16)(H2,13,14,17). The van der Waals surface area contributed by atoms with E-state index in [4.69, 9.17) is 6.42 Å². The van der Waals surface area contributed by atoms with Gasteiger partial charge in [-0.2, -0.15) is 0 Å².